The summed E-state index contributed by atoms with van der Waals surface area (Å²) in [6.07, 6.45) is 1.72. The molecule has 3 aromatic carbocycles. The van der Waals surface area contributed by atoms with Crippen LogP contribution in [0.25, 0.3) is 38.8 Å². The number of rotatable bonds is 1. The second-order valence-electron chi connectivity index (χ2n) is 7.74. The SMILES string of the molecule is [2H]c1c([2H])c([2H])c(-n2c3cccnc3c3ccc4c(c32)C(C)(C)c2ccccc2-4)c([2H])c1[2H]. The molecule has 2 heteroatoms. The second-order valence-corrected chi connectivity index (χ2v) is 7.74. The third-order valence-corrected chi connectivity index (χ3v) is 5.91. The van der Waals surface area contributed by atoms with E-state index in [-0.39, 0.29) is 35.3 Å². The van der Waals surface area contributed by atoms with Gasteiger partial charge >= 0.3 is 0 Å². The van der Waals surface area contributed by atoms with Crippen molar-refractivity contribution in [1.29, 1.82) is 0 Å². The van der Waals surface area contributed by atoms with Crippen molar-refractivity contribution in [2.75, 3.05) is 0 Å². The molecule has 2 heterocycles. The van der Waals surface area contributed by atoms with E-state index in [1.54, 1.807) is 6.20 Å². The van der Waals surface area contributed by atoms with Crippen LogP contribution in [0, 0.1) is 0 Å². The highest BCUT2D eigenvalue weighted by atomic mass is 15.0. The molecule has 28 heavy (non-hydrogen) atoms. The van der Waals surface area contributed by atoms with E-state index in [2.05, 4.69) is 37.0 Å². The Morgan fingerprint density at radius 1 is 0.893 bits per heavy atom. The fourth-order valence-electron chi connectivity index (χ4n) is 4.76. The summed E-state index contributed by atoms with van der Waals surface area (Å²) in [7, 11) is 0. The lowest BCUT2D eigenvalue weighted by atomic mass is 9.81. The van der Waals surface area contributed by atoms with E-state index in [1.807, 2.05) is 34.9 Å². The summed E-state index contributed by atoms with van der Waals surface area (Å²) in [6, 6.07) is 14.6. The van der Waals surface area contributed by atoms with Gasteiger partial charge in [0.25, 0.3) is 0 Å². The summed E-state index contributed by atoms with van der Waals surface area (Å²) in [6.45, 7) is 4.35. The van der Waals surface area contributed by atoms with Crippen LogP contribution >= 0.6 is 0 Å². The van der Waals surface area contributed by atoms with Gasteiger partial charge in [-0.1, -0.05) is 62.3 Å². The van der Waals surface area contributed by atoms with Gasteiger partial charge in [-0.05, 0) is 52.5 Å². The Kier molecular flexibility index (Phi) is 2.18. The van der Waals surface area contributed by atoms with Gasteiger partial charge in [0.05, 0.1) is 23.4 Å². The van der Waals surface area contributed by atoms with Crippen molar-refractivity contribution in [2.45, 2.75) is 19.3 Å². The third kappa shape index (κ3) is 1.85. The number of aromatic nitrogens is 2. The summed E-state index contributed by atoms with van der Waals surface area (Å²) in [5.41, 5.74) is 6.63. The molecule has 5 aromatic rings. The fraction of sp³-hybridized carbons (Fsp3) is 0.115. The molecule has 0 radical (unpaired) electrons. The highest BCUT2D eigenvalue weighted by Gasteiger charge is 2.38. The van der Waals surface area contributed by atoms with Crippen molar-refractivity contribution in [2.24, 2.45) is 0 Å². The quantitative estimate of drug-likeness (QED) is 0.332. The van der Waals surface area contributed by atoms with Crippen molar-refractivity contribution in [1.82, 2.24) is 9.55 Å². The molecule has 0 aliphatic heterocycles. The summed E-state index contributed by atoms with van der Waals surface area (Å²) in [4.78, 5) is 4.63. The van der Waals surface area contributed by atoms with Crippen molar-refractivity contribution >= 4 is 21.9 Å². The number of benzene rings is 3. The Morgan fingerprint density at radius 2 is 1.71 bits per heavy atom. The van der Waals surface area contributed by atoms with Crippen LogP contribution in [-0.2, 0) is 5.41 Å². The summed E-state index contributed by atoms with van der Waals surface area (Å²) in [5.74, 6) is 0. The van der Waals surface area contributed by atoms with E-state index in [1.165, 1.54) is 5.56 Å². The van der Waals surface area contributed by atoms with E-state index in [9.17, 15) is 0 Å². The van der Waals surface area contributed by atoms with E-state index in [0.717, 1.165) is 33.1 Å². The van der Waals surface area contributed by atoms with Gasteiger partial charge in [-0.3, -0.25) is 4.98 Å². The van der Waals surface area contributed by atoms with Crippen molar-refractivity contribution in [3.63, 3.8) is 0 Å². The molecular weight excluding hydrogens is 340 g/mol. The Morgan fingerprint density at radius 3 is 2.57 bits per heavy atom. The minimum atomic E-state index is -0.398. The molecule has 134 valence electrons. The van der Waals surface area contributed by atoms with E-state index < -0.39 is 6.04 Å². The number of pyridine rings is 1. The third-order valence-electron chi connectivity index (χ3n) is 5.91. The van der Waals surface area contributed by atoms with Crippen molar-refractivity contribution < 1.29 is 6.85 Å². The summed E-state index contributed by atoms with van der Waals surface area (Å²) >= 11 is 0. The highest BCUT2D eigenvalue weighted by molar-refractivity contribution is 6.11. The maximum Gasteiger partial charge on any atom is 0.0963 e. The molecule has 2 aromatic heterocycles. The zero-order valence-corrected chi connectivity index (χ0v) is 15.6. The maximum atomic E-state index is 8.67. The number of hydrogen-bond acceptors (Lipinski definition) is 1. The van der Waals surface area contributed by atoms with Crippen LogP contribution in [0.2, 0.25) is 0 Å². The lowest BCUT2D eigenvalue weighted by molar-refractivity contribution is 0.664. The summed E-state index contributed by atoms with van der Waals surface area (Å²) < 4.78 is 43.7. The molecule has 6 rings (SSSR count). The second kappa shape index (κ2) is 5.32. The van der Waals surface area contributed by atoms with Crippen LogP contribution < -0.4 is 0 Å². The Hall–Kier alpha value is -3.39. The van der Waals surface area contributed by atoms with Gasteiger partial charge in [-0.25, -0.2) is 0 Å². The average molecular weight is 365 g/mol. The van der Waals surface area contributed by atoms with Crippen LogP contribution in [-0.4, -0.2) is 9.55 Å². The number of hydrogen-bond donors (Lipinski definition) is 0. The largest absolute Gasteiger partial charge is 0.307 e. The molecule has 0 fully saturated rings. The monoisotopic (exact) mass is 365 g/mol. The van der Waals surface area contributed by atoms with Crippen LogP contribution in [0.1, 0.15) is 31.8 Å². The van der Waals surface area contributed by atoms with Crippen LogP contribution in [0.15, 0.2) is 84.9 Å². The molecule has 0 amide bonds. The molecule has 0 saturated carbocycles. The Labute approximate surface area is 171 Å². The van der Waals surface area contributed by atoms with Gasteiger partial charge in [0, 0.05) is 22.7 Å². The van der Waals surface area contributed by atoms with Crippen LogP contribution in [0.3, 0.4) is 0 Å². The molecule has 0 bridgehead atoms. The molecule has 1 aliphatic rings. The standard InChI is InChI=1S/C26H20N2/c1-26(2)21-12-7-6-11-18(21)19-14-15-20-24-22(13-8-16-27-24)28(25(20)23(19)26)17-9-4-3-5-10-17/h3-16H,1-2H3/i3D,4D,5D,9D,10D. The van der Waals surface area contributed by atoms with Gasteiger partial charge in [-0.2, -0.15) is 0 Å². The van der Waals surface area contributed by atoms with E-state index >= 15 is 0 Å². The molecule has 0 atom stereocenters. The maximum absolute atomic E-state index is 8.67. The molecule has 0 unspecified atom stereocenters. The van der Waals surface area contributed by atoms with Crippen molar-refractivity contribution in [3.05, 3.63) is 96.1 Å². The van der Waals surface area contributed by atoms with Gasteiger partial charge in [0.15, 0.2) is 0 Å². The number of fused-ring (bicyclic) bond motifs is 7. The molecule has 0 spiro atoms. The minimum Gasteiger partial charge on any atom is -0.307 e. The number of nitrogens with zero attached hydrogens (tertiary/aromatic N) is 2. The van der Waals surface area contributed by atoms with E-state index in [4.69, 9.17) is 6.85 Å². The molecule has 2 nitrogen and oxygen atoms in total. The normalized spacial score (nSPS) is 16.9. The smallest absolute Gasteiger partial charge is 0.0963 e. The number of para-hydroxylation sites is 1. The molecule has 1 aliphatic carbocycles. The lowest BCUT2D eigenvalue weighted by Crippen LogP contribution is -2.16. The van der Waals surface area contributed by atoms with Crippen LogP contribution in [0.4, 0.5) is 0 Å². The van der Waals surface area contributed by atoms with Crippen LogP contribution in [0.5, 0.6) is 0 Å². The first-order valence-corrected chi connectivity index (χ1v) is 9.35. The first-order chi connectivity index (χ1) is 15.7. The van der Waals surface area contributed by atoms with Gasteiger partial charge in [0.1, 0.15) is 0 Å². The zero-order valence-electron chi connectivity index (χ0n) is 20.6. The predicted molar refractivity (Wildman–Crippen MR) is 116 cm³/mol. The molecule has 0 N–H and O–H groups in total. The summed E-state index contributed by atoms with van der Waals surface area (Å²) in [5, 5.41) is 0.900. The fourth-order valence-corrected chi connectivity index (χ4v) is 4.76. The topological polar surface area (TPSA) is 17.8 Å². The van der Waals surface area contributed by atoms with Gasteiger partial charge in [0.2, 0.25) is 0 Å². The Bertz CT molecular complexity index is 1620. The molecular formula is C26H20N2. The highest BCUT2D eigenvalue weighted by Crippen LogP contribution is 2.52. The van der Waals surface area contributed by atoms with Gasteiger partial charge in [-0.15, -0.1) is 0 Å². The minimum absolute atomic E-state index is 0.147. The first kappa shape index (κ1) is 11.5. The lowest BCUT2D eigenvalue weighted by Gasteiger charge is -2.23. The van der Waals surface area contributed by atoms with E-state index in [0.29, 0.717) is 5.52 Å². The van der Waals surface area contributed by atoms with Gasteiger partial charge < -0.3 is 4.57 Å². The van der Waals surface area contributed by atoms with Crippen molar-refractivity contribution in [3.8, 4) is 16.8 Å². The Balaban J connectivity index is 1.89. The average Bonchev–Trinajstić information content (AvgIpc) is 3.27. The first-order valence-electron chi connectivity index (χ1n) is 11.8. The molecule has 0 saturated heterocycles. The zero-order chi connectivity index (χ0) is 23.2. The predicted octanol–water partition coefficient (Wildman–Crippen LogP) is 6.49.